The van der Waals surface area contributed by atoms with Crippen LogP contribution < -0.4 is 10.6 Å². The second-order valence-electron chi connectivity index (χ2n) is 12.3. The first-order valence-corrected chi connectivity index (χ1v) is 16.0. The molecule has 6 unspecified atom stereocenters. The van der Waals surface area contributed by atoms with Gasteiger partial charge in [0.05, 0.1) is 42.1 Å². The molecule has 4 fully saturated rings. The second kappa shape index (κ2) is 12.2. The number of hydrogen-bond donors (Lipinski definition) is 2. The van der Waals surface area contributed by atoms with Gasteiger partial charge in [0.25, 0.3) is 0 Å². The maximum Gasteiger partial charge on any atom is 0.246 e. The van der Waals surface area contributed by atoms with Crippen LogP contribution in [-0.4, -0.2) is 102 Å². The standard InChI is InChI=1S/C31H42N6O3S/c1-3-26(38)37-16-15-36(18-23(37)11-13-32)29-25-10-12-31(17-21-7-4-5-8-22(21)20-41-31)28(39)27(25)33-30(34-29)40-19-24-9-6-14-35(24)2/h3-5,7-8,23-25,27,29-30,33-34H,1,6,9-12,14-20H2,2H3/t23?,24?,25?,27?,29?,30?,31-/m1/s1. The molecule has 5 aliphatic rings. The van der Waals surface area contributed by atoms with E-state index >= 15 is 0 Å². The molecule has 4 aliphatic heterocycles. The van der Waals surface area contributed by atoms with Gasteiger partial charge >= 0.3 is 0 Å². The third-order valence-corrected chi connectivity index (χ3v) is 11.6. The van der Waals surface area contributed by atoms with Crippen molar-refractivity contribution >= 4 is 23.5 Å². The number of nitrogens with one attached hydrogen (secondary N) is 2. The van der Waals surface area contributed by atoms with Crippen LogP contribution in [0.3, 0.4) is 0 Å². The number of Topliss-reactive ketones (excluding diaryl/α,β-unsaturated/α-hetero) is 1. The molecule has 1 aliphatic carbocycles. The third-order valence-electron chi connectivity index (χ3n) is 10.0. The average Bonchev–Trinajstić information content (AvgIpc) is 3.42. The number of thioether (sulfide) groups is 1. The summed E-state index contributed by atoms with van der Waals surface area (Å²) in [5.41, 5.74) is 2.63. The van der Waals surface area contributed by atoms with Crippen LogP contribution in [0.1, 0.15) is 43.2 Å². The van der Waals surface area contributed by atoms with Gasteiger partial charge in [-0.2, -0.15) is 5.26 Å². The average molecular weight is 579 g/mol. The smallest absolute Gasteiger partial charge is 0.246 e. The minimum Gasteiger partial charge on any atom is -0.348 e. The number of amides is 1. The Morgan fingerprint density at radius 1 is 1.22 bits per heavy atom. The van der Waals surface area contributed by atoms with Crippen LogP contribution in [0.4, 0.5) is 0 Å². The summed E-state index contributed by atoms with van der Waals surface area (Å²) in [6.07, 6.45) is 5.91. The van der Waals surface area contributed by atoms with Crippen molar-refractivity contribution in [3.8, 4) is 6.07 Å². The minimum absolute atomic E-state index is 0.0734. The number of fused-ring (bicyclic) bond motifs is 2. The molecule has 9 nitrogen and oxygen atoms in total. The Hall–Kier alpha value is -2.26. The molecule has 41 heavy (non-hydrogen) atoms. The number of nitrogens with zero attached hydrogens (tertiary/aromatic N) is 4. The Morgan fingerprint density at radius 2 is 2.05 bits per heavy atom. The maximum atomic E-state index is 14.5. The van der Waals surface area contributed by atoms with Gasteiger partial charge in [0, 0.05) is 37.3 Å². The van der Waals surface area contributed by atoms with Gasteiger partial charge in [-0.1, -0.05) is 30.8 Å². The molecule has 7 atom stereocenters. The highest BCUT2D eigenvalue weighted by Gasteiger charge is 2.55. The van der Waals surface area contributed by atoms with Crippen LogP contribution in [0.2, 0.25) is 0 Å². The summed E-state index contributed by atoms with van der Waals surface area (Å²) in [7, 11) is 2.15. The molecule has 1 spiro atoms. The van der Waals surface area contributed by atoms with Gasteiger partial charge in [-0.05, 0) is 62.9 Å². The molecule has 3 saturated heterocycles. The van der Waals surface area contributed by atoms with Crippen molar-refractivity contribution in [2.45, 2.75) is 79.7 Å². The van der Waals surface area contributed by atoms with Gasteiger partial charge in [-0.15, -0.1) is 11.8 Å². The monoisotopic (exact) mass is 578 g/mol. The molecular weight excluding hydrogens is 536 g/mol. The Balaban J connectivity index is 1.24. The summed E-state index contributed by atoms with van der Waals surface area (Å²) < 4.78 is 6.04. The number of carbonyl (C=O) groups is 2. The summed E-state index contributed by atoms with van der Waals surface area (Å²) >= 11 is 1.82. The van der Waals surface area contributed by atoms with Crippen LogP contribution in [0.5, 0.6) is 0 Å². The van der Waals surface area contributed by atoms with Gasteiger partial charge in [-0.3, -0.25) is 25.1 Å². The van der Waals surface area contributed by atoms with E-state index in [0.29, 0.717) is 38.1 Å². The van der Waals surface area contributed by atoms with E-state index in [0.717, 1.165) is 38.0 Å². The largest absolute Gasteiger partial charge is 0.348 e. The number of rotatable bonds is 6. The molecule has 0 bridgehead atoms. The van der Waals surface area contributed by atoms with Crippen molar-refractivity contribution in [2.24, 2.45) is 5.92 Å². The molecule has 0 radical (unpaired) electrons. The fraction of sp³-hybridized carbons (Fsp3) is 0.645. The molecule has 10 heteroatoms. The molecule has 1 aromatic carbocycles. The summed E-state index contributed by atoms with van der Waals surface area (Å²) in [6, 6.07) is 10.6. The van der Waals surface area contributed by atoms with E-state index in [1.165, 1.54) is 23.6 Å². The second-order valence-corrected chi connectivity index (χ2v) is 13.6. The Kier molecular flexibility index (Phi) is 8.55. The van der Waals surface area contributed by atoms with Gasteiger partial charge in [0.2, 0.25) is 5.91 Å². The zero-order valence-electron chi connectivity index (χ0n) is 24.0. The SMILES string of the molecule is C=CC(=O)N1CCN(C2NC(OCC3CCCN3C)NC3C(=O)[C@@]4(CCC32)Cc2ccccc2CS4)CC1CC#N. The molecule has 1 saturated carbocycles. The van der Waals surface area contributed by atoms with E-state index in [4.69, 9.17) is 4.74 Å². The third kappa shape index (κ3) is 5.61. The fourth-order valence-corrected chi connectivity index (χ4v) is 9.15. The van der Waals surface area contributed by atoms with Crippen molar-refractivity contribution in [1.29, 1.82) is 5.26 Å². The molecule has 4 heterocycles. The van der Waals surface area contributed by atoms with Gasteiger partial charge < -0.3 is 14.5 Å². The summed E-state index contributed by atoms with van der Waals surface area (Å²) in [6.45, 7) is 7.12. The molecule has 0 aromatic heterocycles. The van der Waals surface area contributed by atoms with E-state index in [1.54, 1.807) is 4.90 Å². The molecule has 2 N–H and O–H groups in total. The Bertz CT molecular complexity index is 1210. The number of benzene rings is 1. The first kappa shape index (κ1) is 28.8. The van der Waals surface area contributed by atoms with Crippen molar-refractivity contribution in [3.05, 3.63) is 48.0 Å². The van der Waals surface area contributed by atoms with Crippen LogP contribution >= 0.6 is 11.8 Å². The highest BCUT2D eigenvalue weighted by Crippen LogP contribution is 2.48. The Morgan fingerprint density at radius 3 is 2.80 bits per heavy atom. The number of hydrogen-bond acceptors (Lipinski definition) is 9. The summed E-state index contributed by atoms with van der Waals surface area (Å²) in [5.74, 6) is 1.10. The van der Waals surface area contributed by atoms with E-state index in [1.807, 2.05) is 11.8 Å². The van der Waals surface area contributed by atoms with Crippen LogP contribution in [0.25, 0.3) is 0 Å². The first-order valence-electron chi connectivity index (χ1n) is 15.1. The lowest BCUT2D eigenvalue weighted by Gasteiger charge is -2.55. The maximum absolute atomic E-state index is 14.5. The molecule has 1 amide bonds. The lowest BCUT2D eigenvalue weighted by atomic mass is 9.71. The number of likely N-dealkylation sites (N-methyl/N-ethyl adjacent to an activating group) is 1. The lowest BCUT2D eigenvalue weighted by molar-refractivity contribution is -0.144. The first-order chi connectivity index (χ1) is 19.9. The van der Waals surface area contributed by atoms with Gasteiger partial charge in [0.1, 0.15) is 0 Å². The van der Waals surface area contributed by atoms with Crippen LogP contribution in [-0.2, 0) is 26.5 Å². The summed E-state index contributed by atoms with van der Waals surface area (Å²) in [4.78, 5) is 33.5. The molecule has 220 valence electrons. The topological polar surface area (TPSA) is 101 Å². The highest BCUT2D eigenvalue weighted by molar-refractivity contribution is 8.00. The summed E-state index contributed by atoms with van der Waals surface area (Å²) in [5, 5.41) is 16.9. The lowest BCUT2D eigenvalue weighted by Crippen LogP contribution is -2.75. The quantitative estimate of drug-likeness (QED) is 0.492. The predicted molar refractivity (Wildman–Crippen MR) is 159 cm³/mol. The highest BCUT2D eigenvalue weighted by atomic mass is 32.2. The Labute approximate surface area is 247 Å². The zero-order chi connectivity index (χ0) is 28.6. The predicted octanol–water partition coefficient (Wildman–Crippen LogP) is 2.09. The number of nitriles is 1. The number of piperazine rings is 1. The fourth-order valence-electron chi connectivity index (χ4n) is 7.65. The minimum atomic E-state index is -0.447. The number of likely N-dealkylation sites (tertiary alicyclic amines) is 1. The van der Waals surface area contributed by atoms with E-state index < -0.39 is 11.1 Å². The van der Waals surface area contributed by atoms with Gasteiger partial charge in [0.15, 0.2) is 12.1 Å². The van der Waals surface area contributed by atoms with Crippen molar-refractivity contribution in [3.63, 3.8) is 0 Å². The molecular formula is C31H42N6O3S. The number of ether oxygens (including phenoxy) is 1. The van der Waals surface area contributed by atoms with Crippen molar-refractivity contribution in [2.75, 3.05) is 39.8 Å². The molecule has 6 rings (SSSR count). The van der Waals surface area contributed by atoms with Gasteiger partial charge in [-0.25, -0.2) is 0 Å². The zero-order valence-corrected chi connectivity index (χ0v) is 24.8. The number of ketones is 1. The van der Waals surface area contributed by atoms with Crippen molar-refractivity contribution < 1.29 is 14.3 Å². The van der Waals surface area contributed by atoms with E-state index in [-0.39, 0.29) is 36.5 Å². The molecule has 1 aromatic rings. The van der Waals surface area contributed by atoms with Crippen LogP contribution in [0.15, 0.2) is 36.9 Å². The van der Waals surface area contributed by atoms with Crippen LogP contribution in [0, 0.1) is 17.2 Å². The van der Waals surface area contributed by atoms with Crippen molar-refractivity contribution in [1.82, 2.24) is 25.3 Å². The van der Waals surface area contributed by atoms with E-state index in [9.17, 15) is 14.9 Å². The number of carbonyl (C=O) groups excluding carboxylic acids is 2. The van der Waals surface area contributed by atoms with E-state index in [2.05, 4.69) is 64.4 Å². The normalized spacial score (nSPS) is 36.0.